The number of hydrogen-bond donors (Lipinski definition) is 1. The maximum absolute atomic E-state index is 4.27. The van der Waals surface area contributed by atoms with Gasteiger partial charge in [0.05, 0.1) is 0 Å². The van der Waals surface area contributed by atoms with Crippen LogP contribution in [0.3, 0.4) is 0 Å². The summed E-state index contributed by atoms with van der Waals surface area (Å²) in [6, 6.07) is 8.40. The van der Waals surface area contributed by atoms with Gasteiger partial charge in [0, 0.05) is 29.9 Å². The molecule has 0 aliphatic heterocycles. The number of nitrogens with zero attached hydrogens (tertiary/aromatic N) is 1. The Morgan fingerprint density at radius 2 is 2.25 bits per heavy atom. The molecule has 0 atom stereocenters. The average molecular weight is 232 g/mol. The number of thiophene rings is 1. The molecule has 84 valence electrons. The summed E-state index contributed by atoms with van der Waals surface area (Å²) >= 11 is 1.82. The molecule has 0 bridgehead atoms. The van der Waals surface area contributed by atoms with Crippen molar-refractivity contribution >= 4 is 11.3 Å². The number of aryl methyl sites for hydroxylation is 1. The SMILES string of the molecule is Cc1ncccc1CNCCc1cccs1. The van der Waals surface area contributed by atoms with Crippen LogP contribution in [0.1, 0.15) is 16.1 Å². The minimum atomic E-state index is 0.908. The van der Waals surface area contributed by atoms with Crippen LogP contribution in [-0.2, 0) is 13.0 Å². The third kappa shape index (κ3) is 3.15. The van der Waals surface area contributed by atoms with Crippen molar-refractivity contribution in [2.45, 2.75) is 19.9 Å². The molecule has 2 nitrogen and oxygen atoms in total. The molecule has 0 aliphatic carbocycles. The fourth-order valence-corrected chi connectivity index (χ4v) is 2.30. The number of aromatic nitrogens is 1. The molecule has 0 aromatic carbocycles. The summed E-state index contributed by atoms with van der Waals surface area (Å²) in [5, 5.41) is 5.57. The zero-order valence-electron chi connectivity index (χ0n) is 9.44. The lowest BCUT2D eigenvalue weighted by Gasteiger charge is -2.06. The van der Waals surface area contributed by atoms with Crippen molar-refractivity contribution in [3.05, 3.63) is 52.0 Å². The largest absolute Gasteiger partial charge is 0.312 e. The third-order valence-corrected chi connectivity index (χ3v) is 3.50. The monoisotopic (exact) mass is 232 g/mol. The van der Waals surface area contributed by atoms with Crippen molar-refractivity contribution in [3.63, 3.8) is 0 Å². The second-order valence-electron chi connectivity index (χ2n) is 3.75. The van der Waals surface area contributed by atoms with Gasteiger partial charge in [-0.05, 0) is 36.4 Å². The summed E-state index contributed by atoms with van der Waals surface area (Å²) in [5.74, 6) is 0. The molecule has 2 heterocycles. The number of nitrogens with one attached hydrogen (secondary N) is 1. The van der Waals surface area contributed by atoms with Gasteiger partial charge in [0.25, 0.3) is 0 Å². The predicted octanol–water partition coefficient (Wildman–Crippen LogP) is 2.78. The highest BCUT2D eigenvalue weighted by atomic mass is 32.1. The highest BCUT2D eigenvalue weighted by molar-refractivity contribution is 7.09. The first-order chi connectivity index (χ1) is 7.86. The molecule has 2 aromatic rings. The molecule has 3 heteroatoms. The maximum Gasteiger partial charge on any atom is 0.0417 e. The lowest BCUT2D eigenvalue weighted by molar-refractivity contribution is 0.685. The van der Waals surface area contributed by atoms with Gasteiger partial charge in [-0.25, -0.2) is 0 Å². The van der Waals surface area contributed by atoms with Crippen LogP contribution in [0.2, 0.25) is 0 Å². The molecule has 0 amide bonds. The highest BCUT2D eigenvalue weighted by Crippen LogP contribution is 2.08. The molecule has 0 saturated carbocycles. The van der Waals surface area contributed by atoms with Crippen molar-refractivity contribution in [1.82, 2.24) is 10.3 Å². The van der Waals surface area contributed by atoms with E-state index in [1.165, 1.54) is 10.4 Å². The molecule has 0 saturated heterocycles. The summed E-state index contributed by atoms with van der Waals surface area (Å²) < 4.78 is 0. The number of pyridine rings is 1. The van der Waals surface area contributed by atoms with Gasteiger partial charge in [-0.3, -0.25) is 4.98 Å². The first kappa shape index (κ1) is 11.3. The van der Waals surface area contributed by atoms with Gasteiger partial charge < -0.3 is 5.32 Å². The van der Waals surface area contributed by atoms with Crippen LogP contribution in [0.5, 0.6) is 0 Å². The minimum Gasteiger partial charge on any atom is -0.312 e. The molecule has 0 spiro atoms. The zero-order valence-corrected chi connectivity index (χ0v) is 10.3. The molecule has 0 fully saturated rings. The second-order valence-corrected chi connectivity index (χ2v) is 4.79. The zero-order chi connectivity index (χ0) is 11.2. The Bertz CT molecular complexity index is 423. The minimum absolute atomic E-state index is 0.908. The van der Waals surface area contributed by atoms with Gasteiger partial charge in [-0.1, -0.05) is 12.1 Å². The average Bonchev–Trinajstić information content (AvgIpc) is 2.79. The summed E-state index contributed by atoms with van der Waals surface area (Å²) in [6.45, 7) is 3.98. The van der Waals surface area contributed by atoms with Crippen molar-refractivity contribution in [2.75, 3.05) is 6.54 Å². The molecular weight excluding hydrogens is 216 g/mol. The van der Waals surface area contributed by atoms with Crippen molar-refractivity contribution < 1.29 is 0 Å². The Morgan fingerprint density at radius 3 is 3.00 bits per heavy atom. The van der Waals surface area contributed by atoms with Gasteiger partial charge in [0.1, 0.15) is 0 Å². The molecule has 2 aromatic heterocycles. The van der Waals surface area contributed by atoms with E-state index in [9.17, 15) is 0 Å². The van der Waals surface area contributed by atoms with Crippen LogP contribution in [-0.4, -0.2) is 11.5 Å². The van der Waals surface area contributed by atoms with Crippen LogP contribution in [0.15, 0.2) is 35.8 Å². The van der Waals surface area contributed by atoms with Crippen LogP contribution in [0.4, 0.5) is 0 Å². The van der Waals surface area contributed by atoms with E-state index in [0.717, 1.165) is 25.2 Å². The van der Waals surface area contributed by atoms with Crippen LogP contribution in [0.25, 0.3) is 0 Å². The molecule has 1 N–H and O–H groups in total. The second kappa shape index (κ2) is 5.77. The molecule has 0 unspecified atom stereocenters. The van der Waals surface area contributed by atoms with Gasteiger partial charge in [0.15, 0.2) is 0 Å². The van der Waals surface area contributed by atoms with Gasteiger partial charge >= 0.3 is 0 Å². The van der Waals surface area contributed by atoms with E-state index in [0.29, 0.717) is 0 Å². The van der Waals surface area contributed by atoms with Crippen molar-refractivity contribution in [2.24, 2.45) is 0 Å². The first-order valence-electron chi connectivity index (χ1n) is 5.50. The Hall–Kier alpha value is -1.19. The van der Waals surface area contributed by atoms with Gasteiger partial charge in [-0.2, -0.15) is 0 Å². The molecule has 16 heavy (non-hydrogen) atoms. The maximum atomic E-state index is 4.27. The molecule has 0 radical (unpaired) electrons. The van der Waals surface area contributed by atoms with E-state index in [1.54, 1.807) is 0 Å². The van der Waals surface area contributed by atoms with Crippen LogP contribution < -0.4 is 5.32 Å². The first-order valence-corrected chi connectivity index (χ1v) is 6.38. The lowest BCUT2D eigenvalue weighted by atomic mass is 10.2. The third-order valence-electron chi connectivity index (χ3n) is 2.56. The Labute approximate surface area is 100 Å². The lowest BCUT2D eigenvalue weighted by Crippen LogP contribution is -2.17. The van der Waals surface area contributed by atoms with Crippen LogP contribution >= 0.6 is 11.3 Å². The Kier molecular flexibility index (Phi) is 4.08. The quantitative estimate of drug-likeness (QED) is 0.802. The normalized spacial score (nSPS) is 10.6. The van der Waals surface area contributed by atoms with Crippen LogP contribution in [0, 0.1) is 6.92 Å². The Morgan fingerprint density at radius 1 is 1.31 bits per heavy atom. The fraction of sp³-hybridized carbons (Fsp3) is 0.308. The van der Waals surface area contributed by atoms with E-state index >= 15 is 0 Å². The van der Waals surface area contributed by atoms with Gasteiger partial charge in [-0.15, -0.1) is 11.3 Å². The van der Waals surface area contributed by atoms with Crippen molar-refractivity contribution in [1.29, 1.82) is 0 Å². The highest BCUT2D eigenvalue weighted by Gasteiger charge is 1.98. The number of rotatable bonds is 5. The van der Waals surface area contributed by atoms with E-state index in [1.807, 2.05) is 23.6 Å². The van der Waals surface area contributed by atoms with Gasteiger partial charge in [0.2, 0.25) is 0 Å². The van der Waals surface area contributed by atoms with E-state index in [-0.39, 0.29) is 0 Å². The summed E-state index contributed by atoms with van der Waals surface area (Å²) in [5.41, 5.74) is 2.40. The fourth-order valence-electron chi connectivity index (χ4n) is 1.59. The van der Waals surface area contributed by atoms with E-state index in [2.05, 4.69) is 40.8 Å². The van der Waals surface area contributed by atoms with Crippen molar-refractivity contribution in [3.8, 4) is 0 Å². The summed E-state index contributed by atoms with van der Waals surface area (Å²) in [6.07, 6.45) is 2.95. The van der Waals surface area contributed by atoms with E-state index in [4.69, 9.17) is 0 Å². The predicted molar refractivity (Wildman–Crippen MR) is 68.7 cm³/mol. The summed E-state index contributed by atoms with van der Waals surface area (Å²) in [7, 11) is 0. The molecule has 0 aliphatic rings. The molecular formula is C13H16N2S. The molecule has 2 rings (SSSR count). The van der Waals surface area contributed by atoms with E-state index < -0.39 is 0 Å². The standard InChI is InChI=1S/C13H16N2S/c1-11-12(4-2-7-15-11)10-14-8-6-13-5-3-9-16-13/h2-5,7,9,14H,6,8,10H2,1H3. The topological polar surface area (TPSA) is 24.9 Å². The summed E-state index contributed by atoms with van der Waals surface area (Å²) in [4.78, 5) is 5.71. The Balaban J connectivity index is 1.74. The smallest absolute Gasteiger partial charge is 0.0417 e. The number of hydrogen-bond acceptors (Lipinski definition) is 3.